The van der Waals surface area contributed by atoms with Crippen LogP contribution in [0.3, 0.4) is 0 Å². The molecule has 0 saturated carbocycles. The van der Waals surface area contributed by atoms with Gasteiger partial charge in [-0.05, 0) is 6.92 Å². The molecule has 0 saturated heterocycles. The molecular formula is C7H9N3O4. The van der Waals surface area contributed by atoms with Crippen molar-refractivity contribution in [2.24, 2.45) is 0 Å². The molecule has 7 nitrogen and oxygen atoms in total. The molecule has 0 aliphatic carbocycles. The minimum absolute atomic E-state index is 0.109. The Bertz CT molecular complexity index is 346. The van der Waals surface area contributed by atoms with Crippen molar-refractivity contribution < 1.29 is 14.5 Å². The maximum Gasteiger partial charge on any atom is 0.327 e. The average Bonchev–Trinajstić information content (AvgIpc) is 2.53. The number of ether oxygens (including phenoxy) is 1. The molecule has 0 spiro atoms. The van der Waals surface area contributed by atoms with Crippen molar-refractivity contribution in [2.45, 2.75) is 13.5 Å². The van der Waals surface area contributed by atoms with Gasteiger partial charge in [-0.15, -0.1) is 0 Å². The third kappa shape index (κ3) is 2.54. The molecule has 1 heterocycles. The van der Waals surface area contributed by atoms with Crippen LogP contribution in [0.25, 0.3) is 0 Å². The first-order valence-electron chi connectivity index (χ1n) is 3.96. The van der Waals surface area contributed by atoms with Crippen LogP contribution in [0.5, 0.6) is 0 Å². The predicted octanol–water partition coefficient (Wildman–Crippen LogP) is 0.354. The summed E-state index contributed by atoms with van der Waals surface area (Å²) in [5.41, 5.74) is -0.144. The summed E-state index contributed by atoms with van der Waals surface area (Å²) in [6.07, 6.45) is 2.26. The Morgan fingerprint density at radius 3 is 3.00 bits per heavy atom. The summed E-state index contributed by atoms with van der Waals surface area (Å²) < 4.78 is 5.81. The Balaban J connectivity index is 2.59. The number of carbonyl (C=O) groups is 1. The van der Waals surface area contributed by atoms with Gasteiger partial charge in [-0.2, -0.15) is 5.10 Å². The molecule has 0 aliphatic rings. The van der Waals surface area contributed by atoms with Crippen LogP contribution in [0.2, 0.25) is 0 Å². The Hall–Kier alpha value is -1.92. The highest BCUT2D eigenvalue weighted by Gasteiger charge is 2.11. The zero-order valence-corrected chi connectivity index (χ0v) is 7.54. The fourth-order valence-electron chi connectivity index (χ4n) is 0.872. The molecule has 76 valence electrons. The Morgan fingerprint density at radius 2 is 2.50 bits per heavy atom. The number of aromatic nitrogens is 2. The topological polar surface area (TPSA) is 87.3 Å². The van der Waals surface area contributed by atoms with E-state index >= 15 is 0 Å². The van der Waals surface area contributed by atoms with Crippen LogP contribution in [-0.2, 0) is 16.1 Å². The second kappa shape index (κ2) is 4.35. The van der Waals surface area contributed by atoms with Gasteiger partial charge in [0.15, 0.2) is 0 Å². The highest BCUT2D eigenvalue weighted by Crippen LogP contribution is 2.07. The molecule has 0 amide bonds. The highest BCUT2D eigenvalue weighted by molar-refractivity contribution is 5.69. The van der Waals surface area contributed by atoms with E-state index in [2.05, 4.69) is 9.84 Å². The van der Waals surface area contributed by atoms with Crippen molar-refractivity contribution in [3.8, 4) is 0 Å². The molecule has 1 aromatic heterocycles. The number of hydrogen-bond acceptors (Lipinski definition) is 5. The summed E-state index contributed by atoms with van der Waals surface area (Å²) >= 11 is 0. The molecule has 0 unspecified atom stereocenters. The van der Waals surface area contributed by atoms with E-state index < -0.39 is 10.9 Å². The molecule has 0 bridgehead atoms. The molecule has 0 radical (unpaired) electrons. The van der Waals surface area contributed by atoms with Crippen LogP contribution in [0.1, 0.15) is 6.92 Å². The third-order valence-electron chi connectivity index (χ3n) is 1.43. The summed E-state index contributed by atoms with van der Waals surface area (Å²) in [7, 11) is 0. The lowest BCUT2D eigenvalue weighted by Crippen LogP contribution is -2.13. The van der Waals surface area contributed by atoms with Crippen molar-refractivity contribution in [2.75, 3.05) is 6.61 Å². The Labute approximate surface area is 79.4 Å². The zero-order chi connectivity index (χ0) is 10.6. The van der Waals surface area contributed by atoms with E-state index in [4.69, 9.17) is 0 Å². The molecule has 0 N–H and O–H groups in total. The fourth-order valence-corrected chi connectivity index (χ4v) is 0.872. The molecule has 0 aliphatic heterocycles. The van der Waals surface area contributed by atoms with Crippen LogP contribution < -0.4 is 0 Å². The van der Waals surface area contributed by atoms with Gasteiger partial charge in [0.1, 0.15) is 18.9 Å². The third-order valence-corrected chi connectivity index (χ3v) is 1.43. The minimum Gasteiger partial charge on any atom is -0.465 e. The molecule has 7 heteroatoms. The Kier molecular flexibility index (Phi) is 3.16. The van der Waals surface area contributed by atoms with Crippen LogP contribution in [0.15, 0.2) is 12.4 Å². The first kappa shape index (κ1) is 10.2. The molecule has 0 atom stereocenters. The lowest BCUT2D eigenvalue weighted by molar-refractivity contribution is -0.385. The molecule has 1 rings (SSSR count). The molecular weight excluding hydrogens is 190 g/mol. The maximum absolute atomic E-state index is 10.9. The second-order valence-electron chi connectivity index (χ2n) is 2.46. The van der Waals surface area contributed by atoms with Gasteiger partial charge in [-0.1, -0.05) is 0 Å². The highest BCUT2D eigenvalue weighted by atomic mass is 16.6. The minimum atomic E-state index is -0.575. The van der Waals surface area contributed by atoms with Gasteiger partial charge >= 0.3 is 11.7 Å². The summed E-state index contributed by atoms with van der Waals surface area (Å²) in [4.78, 5) is 20.6. The SMILES string of the molecule is CCOC(=O)Cn1cc([N+](=O)[O-])cn1. The van der Waals surface area contributed by atoms with E-state index in [0.717, 1.165) is 10.9 Å². The van der Waals surface area contributed by atoms with Gasteiger partial charge in [-0.3, -0.25) is 19.6 Å². The van der Waals surface area contributed by atoms with E-state index in [0.29, 0.717) is 0 Å². The zero-order valence-electron chi connectivity index (χ0n) is 7.54. The lowest BCUT2D eigenvalue weighted by Gasteiger charge is -1.99. The van der Waals surface area contributed by atoms with Gasteiger partial charge in [0.25, 0.3) is 0 Å². The molecule has 1 aromatic rings. The standard InChI is InChI=1S/C7H9N3O4/c1-2-14-7(11)5-9-4-6(3-8-9)10(12)13/h3-4H,2,5H2,1H3. The molecule has 0 fully saturated rings. The smallest absolute Gasteiger partial charge is 0.327 e. The van der Waals surface area contributed by atoms with E-state index in [9.17, 15) is 14.9 Å². The van der Waals surface area contributed by atoms with E-state index in [-0.39, 0.29) is 18.8 Å². The quantitative estimate of drug-likeness (QED) is 0.396. The number of nitro groups is 1. The molecule has 14 heavy (non-hydrogen) atoms. The second-order valence-corrected chi connectivity index (χ2v) is 2.46. The van der Waals surface area contributed by atoms with Crippen molar-refractivity contribution in [3.63, 3.8) is 0 Å². The van der Waals surface area contributed by atoms with E-state index in [1.807, 2.05) is 0 Å². The lowest BCUT2D eigenvalue weighted by atomic mass is 10.6. The van der Waals surface area contributed by atoms with Crippen molar-refractivity contribution in [1.82, 2.24) is 9.78 Å². The monoisotopic (exact) mass is 199 g/mol. The van der Waals surface area contributed by atoms with E-state index in [1.165, 1.54) is 6.20 Å². The van der Waals surface area contributed by atoms with Crippen molar-refractivity contribution in [3.05, 3.63) is 22.5 Å². The van der Waals surface area contributed by atoms with Gasteiger partial charge in [-0.25, -0.2) is 0 Å². The average molecular weight is 199 g/mol. The normalized spacial score (nSPS) is 9.79. The van der Waals surface area contributed by atoms with Crippen molar-refractivity contribution >= 4 is 11.7 Å². The summed E-state index contributed by atoms with van der Waals surface area (Å²) in [6.45, 7) is 1.85. The predicted molar refractivity (Wildman–Crippen MR) is 45.5 cm³/mol. The van der Waals surface area contributed by atoms with Gasteiger partial charge in [0.05, 0.1) is 11.5 Å². The largest absolute Gasteiger partial charge is 0.465 e. The van der Waals surface area contributed by atoms with Gasteiger partial charge in [0.2, 0.25) is 0 Å². The molecule has 0 aromatic carbocycles. The van der Waals surface area contributed by atoms with Crippen LogP contribution in [-0.4, -0.2) is 27.3 Å². The van der Waals surface area contributed by atoms with Crippen LogP contribution in [0.4, 0.5) is 5.69 Å². The number of carbonyl (C=O) groups excluding carboxylic acids is 1. The number of nitrogens with zero attached hydrogens (tertiary/aromatic N) is 3. The summed E-state index contributed by atoms with van der Waals surface area (Å²) in [5, 5.41) is 13.9. The summed E-state index contributed by atoms with van der Waals surface area (Å²) in [5.74, 6) is -0.467. The van der Waals surface area contributed by atoms with Gasteiger partial charge < -0.3 is 4.74 Å². The van der Waals surface area contributed by atoms with Crippen molar-refractivity contribution in [1.29, 1.82) is 0 Å². The van der Waals surface area contributed by atoms with Crippen LogP contribution in [0, 0.1) is 10.1 Å². The maximum atomic E-state index is 10.9. The van der Waals surface area contributed by atoms with E-state index in [1.54, 1.807) is 6.92 Å². The number of esters is 1. The first-order valence-corrected chi connectivity index (χ1v) is 3.96. The van der Waals surface area contributed by atoms with Gasteiger partial charge in [0, 0.05) is 0 Å². The van der Waals surface area contributed by atoms with Crippen LogP contribution >= 0.6 is 0 Å². The number of rotatable bonds is 4. The first-order chi connectivity index (χ1) is 6.63. The Morgan fingerprint density at radius 1 is 1.79 bits per heavy atom. The number of hydrogen-bond donors (Lipinski definition) is 0. The fraction of sp³-hybridized carbons (Fsp3) is 0.429. The summed E-state index contributed by atoms with van der Waals surface area (Å²) in [6, 6.07) is 0.